The zero-order valence-corrected chi connectivity index (χ0v) is 16.3. The van der Waals surface area contributed by atoms with Gasteiger partial charge in [0.05, 0.1) is 40.2 Å². The lowest BCUT2D eigenvalue weighted by Gasteiger charge is -2.51. The number of hydrogen-bond donors (Lipinski definition) is 2. The van der Waals surface area contributed by atoms with E-state index in [4.69, 9.17) is 18.9 Å². The zero-order chi connectivity index (χ0) is 20.6. The van der Waals surface area contributed by atoms with Crippen molar-refractivity contribution in [2.75, 3.05) is 33.3 Å². The number of aromatic hydroxyl groups is 1. The van der Waals surface area contributed by atoms with Gasteiger partial charge >= 0.3 is 0 Å². The van der Waals surface area contributed by atoms with Crippen LogP contribution in [-0.4, -0.2) is 50.2 Å². The first kappa shape index (κ1) is 19.6. The number of phenols is 1. The van der Waals surface area contributed by atoms with Crippen LogP contribution >= 0.6 is 0 Å². The van der Waals surface area contributed by atoms with E-state index in [0.29, 0.717) is 34.2 Å². The Hall–Kier alpha value is -3.13. The Bertz CT molecular complexity index is 884. The molecule has 150 valence electrons. The molecule has 1 amide bonds. The van der Waals surface area contributed by atoms with Gasteiger partial charge in [-0.05, 0) is 24.6 Å². The molecule has 0 aliphatic carbocycles. The highest BCUT2D eigenvalue weighted by Gasteiger charge is 2.58. The number of carbonyl (C=O) groups is 1. The van der Waals surface area contributed by atoms with Crippen molar-refractivity contribution in [1.82, 2.24) is 0 Å². The van der Waals surface area contributed by atoms with Crippen molar-refractivity contribution in [2.45, 2.75) is 18.6 Å². The maximum atomic E-state index is 12.7. The number of methoxy groups -OCH3 is 4. The Labute approximate surface area is 162 Å². The Kier molecular flexibility index (Phi) is 4.99. The molecule has 0 spiro atoms. The van der Waals surface area contributed by atoms with E-state index >= 15 is 0 Å². The van der Waals surface area contributed by atoms with Gasteiger partial charge in [-0.3, -0.25) is 9.69 Å². The average molecular weight is 389 g/mol. The number of nitrogens with zero attached hydrogens (tertiary/aromatic N) is 1. The fourth-order valence-corrected chi connectivity index (χ4v) is 3.49. The molecule has 2 aromatic rings. The summed E-state index contributed by atoms with van der Waals surface area (Å²) in [6.07, 6.45) is 0. The SMILES string of the molecule is COc1ccc([C@@H]2N(c3cc(OC)c(OC)c(OC)c3)C(=O)[C@]2(C)O)cc1O. The van der Waals surface area contributed by atoms with Crippen molar-refractivity contribution in [3.63, 3.8) is 0 Å². The topological polar surface area (TPSA) is 97.7 Å². The number of aliphatic hydroxyl groups is 1. The predicted octanol–water partition coefficient (Wildman–Crippen LogP) is 2.27. The van der Waals surface area contributed by atoms with Gasteiger partial charge in [0, 0.05) is 12.1 Å². The molecule has 1 aliphatic heterocycles. The predicted molar refractivity (Wildman–Crippen MR) is 102 cm³/mol. The third-order valence-corrected chi connectivity index (χ3v) is 4.89. The van der Waals surface area contributed by atoms with E-state index in [1.54, 1.807) is 24.3 Å². The minimum atomic E-state index is -1.64. The van der Waals surface area contributed by atoms with Crippen LogP contribution in [0, 0.1) is 0 Å². The third kappa shape index (κ3) is 2.86. The van der Waals surface area contributed by atoms with Gasteiger partial charge in [0.1, 0.15) is 0 Å². The van der Waals surface area contributed by atoms with Gasteiger partial charge in [-0.2, -0.15) is 0 Å². The monoisotopic (exact) mass is 389 g/mol. The van der Waals surface area contributed by atoms with Crippen molar-refractivity contribution in [3.05, 3.63) is 35.9 Å². The van der Waals surface area contributed by atoms with E-state index in [1.165, 1.54) is 46.3 Å². The van der Waals surface area contributed by atoms with Gasteiger partial charge in [0.2, 0.25) is 5.75 Å². The van der Waals surface area contributed by atoms with Gasteiger partial charge in [-0.1, -0.05) is 6.07 Å². The van der Waals surface area contributed by atoms with E-state index in [1.807, 2.05) is 0 Å². The summed E-state index contributed by atoms with van der Waals surface area (Å²) >= 11 is 0. The smallest absolute Gasteiger partial charge is 0.261 e. The van der Waals surface area contributed by atoms with Gasteiger partial charge in [0.25, 0.3) is 5.91 Å². The van der Waals surface area contributed by atoms with Crippen molar-refractivity contribution < 1.29 is 34.0 Å². The lowest BCUT2D eigenvalue weighted by atomic mass is 9.79. The molecule has 8 heteroatoms. The van der Waals surface area contributed by atoms with Crippen molar-refractivity contribution in [2.24, 2.45) is 0 Å². The third-order valence-electron chi connectivity index (χ3n) is 4.89. The normalized spacial score (nSPS) is 21.1. The number of rotatable bonds is 6. The van der Waals surface area contributed by atoms with Gasteiger partial charge in [-0.15, -0.1) is 0 Å². The number of amides is 1. The first-order valence-corrected chi connectivity index (χ1v) is 8.53. The maximum absolute atomic E-state index is 12.7. The van der Waals surface area contributed by atoms with Crippen LogP contribution in [0.25, 0.3) is 0 Å². The molecule has 3 rings (SSSR count). The summed E-state index contributed by atoms with van der Waals surface area (Å²) in [4.78, 5) is 14.1. The minimum Gasteiger partial charge on any atom is -0.504 e. The summed E-state index contributed by atoms with van der Waals surface area (Å²) in [5.41, 5.74) is -0.621. The molecule has 0 unspecified atom stereocenters. The van der Waals surface area contributed by atoms with Crippen LogP contribution in [0.5, 0.6) is 28.7 Å². The molecule has 2 aromatic carbocycles. The van der Waals surface area contributed by atoms with Gasteiger partial charge in [0.15, 0.2) is 28.6 Å². The minimum absolute atomic E-state index is 0.0833. The van der Waals surface area contributed by atoms with E-state index in [2.05, 4.69) is 0 Å². The molecular formula is C20H23NO7. The molecule has 1 saturated heterocycles. The second-order valence-electron chi connectivity index (χ2n) is 6.54. The highest BCUT2D eigenvalue weighted by Crippen LogP contribution is 2.50. The molecule has 28 heavy (non-hydrogen) atoms. The number of benzene rings is 2. The van der Waals surface area contributed by atoms with E-state index in [0.717, 1.165) is 0 Å². The Morgan fingerprint density at radius 2 is 1.50 bits per heavy atom. The van der Waals surface area contributed by atoms with Crippen LogP contribution < -0.4 is 23.8 Å². The Morgan fingerprint density at radius 1 is 0.929 bits per heavy atom. The van der Waals surface area contributed by atoms with Crippen LogP contribution in [0.15, 0.2) is 30.3 Å². The fourth-order valence-electron chi connectivity index (χ4n) is 3.49. The van der Waals surface area contributed by atoms with Gasteiger partial charge in [-0.25, -0.2) is 0 Å². The standard InChI is InChI=1S/C20H23NO7/c1-20(24)18(11-6-7-14(25-2)13(22)8-11)21(19(20)23)12-9-15(26-3)17(28-5)16(10-12)27-4/h6-10,18,22,24H,1-5H3/t18-,20+/m0/s1. The van der Waals surface area contributed by atoms with Crippen LogP contribution in [-0.2, 0) is 4.79 Å². The summed E-state index contributed by atoms with van der Waals surface area (Å²) in [5, 5.41) is 20.8. The summed E-state index contributed by atoms with van der Waals surface area (Å²) in [5.74, 6) is 0.891. The molecule has 0 saturated carbocycles. The molecule has 1 heterocycles. The highest BCUT2D eigenvalue weighted by molar-refractivity contribution is 6.08. The highest BCUT2D eigenvalue weighted by atomic mass is 16.5. The summed E-state index contributed by atoms with van der Waals surface area (Å²) in [6.45, 7) is 1.44. The Balaban J connectivity index is 2.10. The number of β-lactam (4-membered cyclic amide) rings is 1. The van der Waals surface area contributed by atoms with Crippen LogP contribution in [0.1, 0.15) is 18.5 Å². The van der Waals surface area contributed by atoms with Crippen molar-refractivity contribution in [3.8, 4) is 28.7 Å². The molecule has 1 fully saturated rings. The van der Waals surface area contributed by atoms with E-state index in [-0.39, 0.29) is 5.75 Å². The molecule has 2 atom stereocenters. The lowest BCUT2D eigenvalue weighted by molar-refractivity contribution is -0.151. The largest absolute Gasteiger partial charge is 0.504 e. The van der Waals surface area contributed by atoms with Crippen LogP contribution in [0.4, 0.5) is 5.69 Å². The van der Waals surface area contributed by atoms with Gasteiger partial charge < -0.3 is 29.2 Å². The summed E-state index contributed by atoms with van der Waals surface area (Å²) < 4.78 is 21.1. The average Bonchev–Trinajstić information content (AvgIpc) is 2.70. The molecule has 2 N–H and O–H groups in total. The van der Waals surface area contributed by atoms with Crippen molar-refractivity contribution in [1.29, 1.82) is 0 Å². The molecular weight excluding hydrogens is 366 g/mol. The quantitative estimate of drug-likeness (QED) is 0.732. The summed E-state index contributed by atoms with van der Waals surface area (Å²) in [6, 6.07) is 7.27. The molecule has 1 aliphatic rings. The first-order valence-electron chi connectivity index (χ1n) is 8.53. The van der Waals surface area contributed by atoms with Crippen LogP contribution in [0.2, 0.25) is 0 Å². The van der Waals surface area contributed by atoms with Crippen molar-refractivity contribution >= 4 is 11.6 Å². The molecule has 0 bridgehead atoms. The molecule has 0 radical (unpaired) electrons. The fraction of sp³-hybridized carbons (Fsp3) is 0.350. The number of phenolic OH excluding ortho intramolecular Hbond substituents is 1. The second kappa shape index (κ2) is 7.12. The first-order chi connectivity index (χ1) is 13.3. The van der Waals surface area contributed by atoms with E-state index < -0.39 is 17.6 Å². The number of hydrogen-bond acceptors (Lipinski definition) is 7. The molecule has 0 aromatic heterocycles. The second-order valence-corrected chi connectivity index (χ2v) is 6.54. The number of carbonyl (C=O) groups excluding carboxylic acids is 1. The Morgan fingerprint density at radius 3 is 1.96 bits per heavy atom. The van der Waals surface area contributed by atoms with E-state index in [9.17, 15) is 15.0 Å². The van der Waals surface area contributed by atoms with Crippen LogP contribution in [0.3, 0.4) is 0 Å². The zero-order valence-electron chi connectivity index (χ0n) is 16.3. The number of anilines is 1. The lowest BCUT2D eigenvalue weighted by Crippen LogP contribution is -2.67. The number of ether oxygens (including phenoxy) is 4. The summed E-state index contributed by atoms with van der Waals surface area (Å²) in [7, 11) is 5.89. The molecule has 8 nitrogen and oxygen atoms in total. The maximum Gasteiger partial charge on any atom is 0.261 e.